The van der Waals surface area contributed by atoms with E-state index in [-0.39, 0.29) is 17.4 Å². The monoisotopic (exact) mass is 454 g/mol. The highest BCUT2D eigenvalue weighted by molar-refractivity contribution is 7.89. The summed E-state index contributed by atoms with van der Waals surface area (Å²) in [7, 11) is -4.01. The summed E-state index contributed by atoms with van der Waals surface area (Å²) in [6.07, 6.45) is 1.71. The molecule has 3 aromatic carbocycles. The first-order valence-electron chi connectivity index (χ1n) is 10.5. The summed E-state index contributed by atoms with van der Waals surface area (Å²) in [4.78, 5) is 12.9. The zero-order valence-electron chi connectivity index (χ0n) is 17.9. The molecule has 168 valence electrons. The van der Waals surface area contributed by atoms with Crippen LogP contribution in [0.5, 0.6) is 0 Å². The Balaban J connectivity index is 1.71. The second-order valence-electron chi connectivity index (χ2n) is 7.75. The van der Waals surface area contributed by atoms with Crippen LogP contribution in [0.2, 0.25) is 0 Å². The molecule has 1 amide bonds. The molecule has 3 aromatic rings. The molecule has 7 heteroatoms. The average molecular weight is 455 g/mol. The highest BCUT2D eigenvalue weighted by atomic mass is 32.2. The van der Waals surface area contributed by atoms with E-state index in [1.165, 1.54) is 17.7 Å². The van der Waals surface area contributed by atoms with Gasteiger partial charge >= 0.3 is 0 Å². The number of halogens is 1. The molecule has 0 aromatic heterocycles. The summed E-state index contributed by atoms with van der Waals surface area (Å²) in [5, 5.41) is 2.93. The highest BCUT2D eigenvalue weighted by Gasteiger charge is 2.27. The summed E-state index contributed by atoms with van der Waals surface area (Å²) in [6.45, 7) is 1.90. The minimum atomic E-state index is -4.01. The Morgan fingerprint density at radius 1 is 0.875 bits per heavy atom. The number of carbonyl (C=O) groups excluding carboxylic acids is 1. The van der Waals surface area contributed by atoms with Gasteiger partial charge in [-0.2, -0.15) is 4.72 Å². The largest absolute Gasteiger partial charge is 0.352 e. The summed E-state index contributed by atoms with van der Waals surface area (Å²) >= 11 is 0. The van der Waals surface area contributed by atoms with Gasteiger partial charge in [0.05, 0.1) is 4.90 Å². The third kappa shape index (κ3) is 7.00. The predicted octanol–water partition coefficient (Wildman–Crippen LogP) is 3.85. The minimum Gasteiger partial charge on any atom is -0.352 e. The van der Waals surface area contributed by atoms with Crippen molar-refractivity contribution >= 4 is 15.9 Å². The Kier molecular flexibility index (Phi) is 8.14. The van der Waals surface area contributed by atoms with E-state index in [9.17, 15) is 17.6 Å². The van der Waals surface area contributed by atoms with E-state index in [0.29, 0.717) is 0 Å². The Bertz CT molecular complexity index is 1100. The minimum absolute atomic E-state index is 0.0955. The van der Waals surface area contributed by atoms with Crippen LogP contribution in [0.25, 0.3) is 0 Å². The summed E-state index contributed by atoms with van der Waals surface area (Å²) in [5.74, 6) is -0.935. The number of aryl methyl sites for hydroxylation is 1. The number of hydrogen-bond acceptors (Lipinski definition) is 3. The number of benzene rings is 3. The molecule has 0 aliphatic heterocycles. The van der Waals surface area contributed by atoms with Gasteiger partial charge in [-0.05, 0) is 61.6 Å². The molecule has 2 atom stereocenters. The Labute approximate surface area is 188 Å². The maximum absolute atomic E-state index is 13.2. The lowest BCUT2D eigenvalue weighted by Gasteiger charge is -2.22. The van der Waals surface area contributed by atoms with Crippen LogP contribution >= 0.6 is 0 Å². The number of amides is 1. The van der Waals surface area contributed by atoms with E-state index in [0.717, 1.165) is 30.5 Å². The van der Waals surface area contributed by atoms with Crippen molar-refractivity contribution in [2.24, 2.45) is 0 Å². The van der Waals surface area contributed by atoms with E-state index >= 15 is 0 Å². The molecule has 0 saturated heterocycles. The molecule has 0 heterocycles. The lowest BCUT2D eigenvalue weighted by molar-refractivity contribution is -0.123. The third-order valence-electron chi connectivity index (χ3n) is 5.12. The highest BCUT2D eigenvalue weighted by Crippen LogP contribution is 2.13. The average Bonchev–Trinajstić information content (AvgIpc) is 2.79. The normalized spacial score (nSPS) is 13.3. The van der Waals surface area contributed by atoms with Gasteiger partial charge in [-0.3, -0.25) is 4.79 Å². The first-order valence-corrected chi connectivity index (χ1v) is 12.0. The van der Waals surface area contributed by atoms with Gasteiger partial charge in [-0.25, -0.2) is 12.8 Å². The molecular weight excluding hydrogens is 427 g/mol. The summed E-state index contributed by atoms with van der Waals surface area (Å²) in [5.41, 5.74) is 2.00. The number of sulfonamides is 1. The van der Waals surface area contributed by atoms with Crippen molar-refractivity contribution < 1.29 is 17.6 Å². The van der Waals surface area contributed by atoms with Gasteiger partial charge in [0.25, 0.3) is 0 Å². The lowest BCUT2D eigenvalue weighted by Crippen LogP contribution is -2.50. The molecule has 0 unspecified atom stereocenters. The molecule has 3 rings (SSSR count). The van der Waals surface area contributed by atoms with Gasteiger partial charge < -0.3 is 5.32 Å². The fourth-order valence-corrected chi connectivity index (χ4v) is 4.55. The van der Waals surface area contributed by atoms with Crippen molar-refractivity contribution in [3.8, 4) is 0 Å². The second kappa shape index (κ2) is 11.0. The van der Waals surface area contributed by atoms with Crippen molar-refractivity contribution in [2.75, 3.05) is 0 Å². The fraction of sp³-hybridized carbons (Fsp3) is 0.240. The van der Waals surface area contributed by atoms with Crippen molar-refractivity contribution in [1.82, 2.24) is 10.0 Å². The standard InChI is InChI=1S/C25H27FN2O3S/c1-19(12-13-20-8-4-2-5-9-20)27-25(29)24(18-21-10-6-3-7-11-21)28-32(30,31)23-16-14-22(26)15-17-23/h2-11,14-17,19,24,28H,12-13,18H2,1H3,(H,27,29)/t19-,24-/m0/s1. The number of hydrogen-bond donors (Lipinski definition) is 2. The Hall–Kier alpha value is -3.03. The molecule has 0 spiro atoms. The topological polar surface area (TPSA) is 75.3 Å². The van der Waals surface area contributed by atoms with Crippen LogP contribution in [-0.4, -0.2) is 26.4 Å². The third-order valence-corrected chi connectivity index (χ3v) is 6.61. The number of nitrogens with one attached hydrogen (secondary N) is 2. The van der Waals surface area contributed by atoms with E-state index in [1.54, 1.807) is 0 Å². The number of carbonyl (C=O) groups is 1. The SMILES string of the molecule is C[C@@H](CCc1ccccc1)NC(=O)[C@H](Cc1ccccc1)NS(=O)(=O)c1ccc(F)cc1. The Morgan fingerprint density at radius 2 is 1.44 bits per heavy atom. The van der Waals surface area contributed by atoms with Crippen LogP contribution in [0.3, 0.4) is 0 Å². The quantitative estimate of drug-likeness (QED) is 0.489. The van der Waals surface area contributed by atoms with Crippen molar-refractivity contribution in [3.63, 3.8) is 0 Å². The Morgan fingerprint density at radius 3 is 2.03 bits per heavy atom. The van der Waals surface area contributed by atoms with Gasteiger partial charge in [0.15, 0.2) is 0 Å². The van der Waals surface area contributed by atoms with E-state index < -0.39 is 27.8 Å². The van der Waals surface area contributed by atoms with Crippen LogP contribution < -0.4 is 10.0 Å². The molecular formula is C25H27FN2O3S. The van der Waals surface area contributed by atoms with Crippen molar-refractivity contribution in [1.29, 1.82) is 0 Å². The van der Waals surface area contributed by atoms with Crippen LogP contribution in [0.1, 0.15) is 24.5 Å². The molecule has 2 N–H and O–H groups in total. The molecule has 0 radical (unpaired) electrons. The number of rotatable bonds is 10. The lowest BCUT2D eigenvalue weighted by atomic mass is 10.0. The second-order valence-corrected chi connectivity index (χ2v) is 9.47. The molecule has 0 aliphatic rings. The molecule has 0 bridgehead atoms. The van der Waals surface area contributed by atoms with Crippen molar-refractivity contribution in [2.45, 2.75) is 43.2 Å². The maximum Gasteiger partial charge on any atom is 0.241 e. The van der Waals surface area contributed by atoms with Gasteiger partial charge in [0.2, 0.25) is 15.9 Å². The van der Waals surface area contributed by atoms with Crippen LogP contribution in [0.4, 0.5) is 4.39 Å². The van der Waals surface area contributed by atoms with E-state index in [2.05, 4.69) is 10.0 Å². The molecule has 32 heavy (non-hydrogen) atoms. The molecule has 5 nitrogen and oxygen atoms in total. The summed E-state index contributed by atoms with van der Waals surface area (Å²) < 4.78 is 41.4. The predicted molar refractivity (Wildman–Crippen MR) is 123 cm³/mol. The van der Waals surface area contributed by atoms with Gasteiger partial charge in [0, 0.05) is 6.04 Å². The van der Waals surface area contributed by atoms with Gasteiger partial charge in [-0.15, -0.1) is 0 Å². The fourth-order valence-electron chi connectivity index (χ4n) is 3.35. The van der Waals surface area contributed by atoms with Crippen molar-refractivity contribution in [3.05, 3.63) is 102 Å². The van der Waals surface area contributed by atoms with Gasteiger partial charge in [-0.1, -0.05) is 60.7 Å². The zero-order valence-corrected chi connectivity index (χ0v) is 18.7. The smallest absolute Gasteiger partial charge is 0.241 e. The zero-order chi connectivity index (χ0) is 23.0. The molecule has 0 fully saturated rings. The van der Waals surface area contributed by atoms with E-state index in [1.807, 2.05) is 67.6 Å². The summed E-state index contributed by atoms with van der Waals surface area (Å²) in [6, 6.07) is 22.5. The molecule has 0 saturated carbocycles. The maximum atomic E-state index is 13.2. The van der Waals surface area contributed by atoms with E-state index in [4.69, 9.17) is 0 Å². The molecule has 0 aliphatic carbocycles. The van der Waals surface area contributed by atoms with Crippen LogP contribution in [0.15, 0.2) is 89.8 Å². The van der Waals surface area contributed by atoms with Gasteiger partial charge in [0.1, 0.15) is 11.9 Å². The van der Waals surface area contributed by atoms with Crippen LogP contribution in [-0.2, 0) is 27.7 Å². The first-order chi connectivity index (χ1) is 15.3. The first kappa shape index (κ1) is 23.6. The van der Waals surface area contributed by atoms with Crippen LogP contribution in [0, 0.1) is 5.82 Å².